The Morgan fingerprint density at radius 3 is 2.83 bits per heavy atom. The molecule has 0 saturated heterocycles. The molecule has 0 fully saturated rings. The summed E-state index contributed by atoms with van der Waals surface area (Å²) in [6.07, 6.45) is 1.26. The van der Waals surface area contributed by atoms with Crippen LogP contribution in [0.15, 0.2) is 29.2 Å². The fourth-order valence-corrected chi connectivity index (χ4v) is 1.94. The Balaban J connectivity index is 2.50. The summed E-state index contributed by atoms with van der Waals surface area (Å²) in [5, 5.41) is 8.90. The van der Waals surface area contributed by atoms with Crippen LogP contribution in [0.2, 0.25) is 0 Å². The molecule has 2 aromatic rings. The van der Waals surface area contributed by atoms with Crippen LogP contribution in [0.5, 0.6) is 0 Å². The molecule has 5 heteroatoms. The van der Waals surface area contributed by atoms with Gasteiger partial charge in [-0.25, -0.2) is 4.98 Å². The summed E-state index contributed by atoms with van der Waals surface area (Å²) in [5.41, 5.74) is 1.47. The van der Waals surface area contributed by atoms with Crippen LogP contribution < -0.4 is 5.56 Å². The second-order valence-corrected chi connectivity index (χ2v) is 4.93. The number of carboxylic acid groups (broad SMARTS) is 1. The van der Waals surface area contributed by atoms with Crippen molar-refractivity contribution >= 4 is 17.0 Å². The van der Waals surface area contributed by atoms with Gasteiger partial charge in [0.05, 0.1) is 23.7 Å². The minimum atomic E-state index is -0.838. The highest BCUT2D eigenvalue weighted by atomic mass is 16.4. The van der Waals surface area contributed by atoms with E-state index >= 15 is 0 Å². The number of carboxylic acids is 1. The van der Waals surface area contributed by atoms with Crippen molar-refractivity contribution in [2.45, 2.75) is 25.7 Å². The molecule has 0 aliphatic heterocycles. The predicted molar refractivity (Wildman–Crippen MR) is 67.6 cm³/mol. The van der Waals surface area contributed by atoms with Gasteiger partial charge in [-0.05, 0) is 17.7 Å². The molecule has 0 aliphatic carbocycles. The van der Waals surface area contributed by atoms with Crippen molar-refractivity contribution in [2.75, 3.05) is 0 Å². The molecule has 0 radical (unpaired) electrons. The minimum Gasteiger partial charge on any atom is -0.481 e. The Morgan fingerprint density at radius 2 is 2.17 bits per heavy atom. The van der Waals surface area contributed by atoms with E-state index in [0.29, 0.717) is 11.0 Å². The first-order valence-electron chi connectivity index (χ1n) is 5.60. The zero-order chi connectivity index (χ0) is 13.3. The number of aromatic amines is 1. The summed E-state index contributed by atoms with van der Waals surface area (Å²) in [5.74, 6) is -0.838. The topological polar surface area (TPSA) is 83.0 Å². The Morgan fingerprint density at radius 1 is 1.44 bits per heavy atom. The smallest absolute Gasteiger partial charge is 0.304 e. The fraction of sp³-hybridized carbons (Fsp3) is 0.308. The molecule has 0 aliphatic rings. The van der Waals surface area contributed by atoms with E-state index in [4.69, 9.17) is 5.11 Å². The van der Waals surface area contributed by atoms with Crippen LogP contribution in [-0.2, 0) is 10.2 Å². The van der Waals surface area contributed by atoms with E-state index in [1.807, 2.05) is 26.0 Å². The molecule has 0 spiro atoms. The second kappa shape index (κ2) is 4.25. The average molecular weight is 246 g/mol. The number of hydrogen-bond donors (Lipinski definition) is 2. The Kier molecular flexibility index (Phi) is 2.90. The maximum Gasteiger partial charge on any atom is 0.304 e. The summed E-state index contributed by atoms with van der Waals surface area (Å²) in [7, 11) is 0. The van der Waals surface area contributed by atoms with Crippen molar-refractivity contribution < 1.29 is 9.90 Å². The highest BCUT2D eigenvalue weighted by Gasteiger charge is 2.24. The number of H-pyrrole nitrogens is 1. The molecule has 0 unspecified atom stereocenters. The van der Waals surface area contributed by atoms with E-state index in [1.165, 1.54) is 6.20 Å². The van der Waals surface area contributed by atoms with E-state index in [-0.39, 0.29) is 12.0 Å². The van der Waals surface area contributed by atoms with Crippen LogP contribution >= 0.6 is 0 Å². The summed E-state index contributed by atoms with van der Waals surface area (Å²) in [4.78, 5) is 28.7. The molecular formula is C13H14N2O3. The number of carbonyl (C=O) groups is 1. The Labute approximate surface area is 103 Å². The Bertz CT molecular complexity index is 659. The lowest BCUT2D eigenvalue weighted by Gasteiger charge is -2.23. The van der Waals surface area contributed by atoms with Crippen LogP contribution in [0.3, 0.4) is 0 Å². The van der Waals surface area contributed by atoms with Gasteiger partial charge < -0.3 is 10.1 Å². The molecule has 1 aromatic carbocycles. The van der Waals surface area contributed by atoms with Gasteiger partial charge in [-0.15, -0.1) is 0 Å². The normalized spacial score (nSPS) is 11.7. The van der Waals surface area contributed by atoms with Crippen molar-refractivity contribution in [2.24, 2.45) is 0 Å². The second-order valence-electron chi connectivity index (χ2n) is 4.93. The average Bonchev–Trinajstić information content (AvgIpc) is 2.26. The summed E-state index contributed by atoms with van der Waals surface area (Å²) >= 11 is 0. The minimum absolute atomic E-state index is 0.0435. The van der Waals surface area contributed by atoms with Gasteiger partial charge in [0, 0.05) is 5.41 Å². The van der Waals surface area contributed by atoms with E-state index in [1.54, 1.807) is 6.07 Å². The molecule has 2 rings (SSSR count). The molecule has 0 amide bonds. The molecule has 0 bridgehead atoms. The number of rotatable bonds is 3. The Hall–Kier alpha value is -2.17. The predicted octanol–water partition coefficient (Wildman–Crippen LogP) is 1.68. The number of nitrogens with zero attached hydrogens (tertiary/aromatic N) is 1. The van der Waals surface area contributed by atoms with Gasteiger partial charge in [-0.3, -0.25) is 9.59 Å². The van der Waals surface area contributed by atoms with Crippen molar-refractivity contribution in [1.29, 1.82) is 0 Å². The maximum atomic E-state index is 11.1. The standard InChI is InChI=1S/C13H14N2O3/c1-13(2,6-12(17)18)8-3-4-9-10(5-8)14-7-11(16)15-9/h3-5,7H,6H2,1-2H3,(H,15,16)(H,17,18). The summed E-state index contributed by atoms with van der Waals surface area (Å²) < 4.78 is 0. The largest absolute Gasteiger partial charge is 0.481 e. The van der Waals surface area contributed by atoms with Gasteiger partial charge in [-0.2, -0.15) is 0 Å². The third-order valence-electron chi connectivity index (χ3n) is 2.95. The first-order valence-corrected chi connectivity index (χ1v) is 5.60. The highest BCUT2D eigenvalue weighted by Crippen LogP contribution is 2.28. The van der Waals surface area contributed by atoms with Crippen molar-refractivity contribution in [3.05, 3.63) is 40.3 Å². The molecule has 94 valence electrons. The molecule has 1 aromatic heterocycles. The lowest BCUT2D eigenvalue weighted by molar-refractivity contribution is -0.138. The van der Waals surface area contributed by atoms with E-state index in [9.17, 15) is 9.59 Å². The SMILES string of the molecule is CC(C)(CC(=O)O)c1ccc2[nH]c(=O)cnc2c1. The highest BCUT2D eigenvalue weighted by molar-refractivity contribution is 5.75. The maximum absolute atomic E-state index is 11.1. The zero-order valence-corrected chi connectivity index (χ0v) is 10.2. The summed E-state index contributed by atoms with van der Waals surface area (Å²) in [6, 6.07) is 5.39. The van der Waals surface area contributed by atoms with Gasteiger partial charge >= 0.3 is 5.97 Å². The molecule has 0 atom stereocenters. The monoisotopic (exact) mass is 246 g/mol. The number of benzene rings is 1. The van der Waals surface area contributed by atoms with Crippen molar-refractivity contribution in [1.82, 2.24) is 9.97 Å². The third-order valence-corrected chi connectivity index (χ3v) is 2.95. The van der Waals surface area contributed by atoms with Gasteiger partial charge in [0.2, 0.25) is 0 Å². The number of aliphatic carboxylic acids is 1. The van der Waals surface area contributed by atoms with E-state index in [2.05, 4.69) is 9.97 Å². The number of nitrogens with one attached hydrogen (secondary N) is 1. The third kappa shape index (κ3) is 2.40. The first kappa shape index (κ1) is 12.3. The number of aromatic nitrogens is 2. The van der Waals surface area contributed by atoms with Crippen LogP contribution in [-0.4, -0.2) is 21.0 Å². The number of fused-ring (bicyclic) bond motifs is 1. The lowest BCUT2D eigenvalue weighted by Crippen LogP contribution is -2.21. The zero-order valence-electron chi connectivity index (χ0n) is 10.2. The molecular weight excluding hydrogens is 232 g/mol. The van der Waals surface area contributed by atoms with Crippen LogP contribution in [0, 0.1) is 0 Å². The molecule has 2 N–H and O–H groups in total. The van der Waals surface area contributed by atoms with Gasteiger partial charge in [-0.1, -0.05) is 19.9 Å². The van der Waals surface area contributed by atoms with Gasteiger partial charge in [0.25, 0.3) is 5.56 Å². The molecule has 1 heterocycles. The molecule has 18 heavy (non-hydrogen) atoms. The number of hydrogen-bond acceptors (Lipinski definition) is 3. The molecule has 0 saturated carbocycles. The lowest BCUT2D eigenvalue weighted by atomic mass is 9.81. The van der Waals surface area contributed by atoms with E-state index < -0.39 is 11.4 Å². The van der Waals surface area contributed by atoms with Crippen LogP contribution in [0.4, 0.5) is 0 Å². The first-order chi connectivity index (χ1) is 8.38. The van der Waals surface area contributed by atoms with Gasteiger partial charge in [0.1, 0.15) is 0 Å². The van der Waals surface area contributed by atoms with Crippen LogP contribution in [0.1, 0.15) is 25.8 Å². The summed E-state index contributed by atoms with van der Waals surface area (Å²) in [6.45, 7) is 3.74. The fourth-order valence-electron chi connectivity index (χ4n) is 1.94. The van der Waals surface area contributed by atoms with Crippen molar-refractivity contribution in [3.8, 4) is 0 Å². The quantitative estimate of drug-likeness (QED) is 0.863. The van der Waals surface area contributed by atoms with Crippen molar-refractivity contribution in [3.63, 3.8) is 0 Å². The molecule has 5 nitrogen and oxygen atoms in total. The van der Waals surface area contributed by atoms with E-state index in [0.717, 1.165) is 5.56 Å². The van der Waals surface area contributed by atoms with Gasteiger partial charge in [0.15, 0.2) is 0 Å². The van der Waals surface area contributed by atoms with Crippen LogP contribution in [0.25, 0.3) is 11.0 Å².